The molecule has 6 nitrogen and oxygen atoms in total. The summed E-state index contributed by atoms with van der Waals surface area (Å²) < 4.78 is 10.5. The number of ether oxygens (including phenoxy) is 2. The van der Waals surface area contributed by atoms with Crippen LogP contribution in [0.3, 0.4) is 0 Å². The molecular formula is C13H16N4O2. The van der Waals surface area contributed by atoms with Crippen molar-refractivity contribution in [2.75, 3.05) is 25.3 Å². The maximum absolute atomic E-state index is 5.74. The molecule has 1 aromatic heterocycles. The van der Waals surface area contributed by atoms with E-state index < -0.39 is 0 Å². The van der Waals surface area contributed by atoms with E-state index in [4.69, 9.17) is 15.2 Å². The number of anilines is 3. The van der Waals surface area contributed by atoms with Crippen LogP contribution in [0.4, 0.5) is 17.3 Å². The number of nitrogen functional groups attached to an aromatic ring is 1. The molecule has 0 amide bonds. The minimum absolute atomic E-state index is 0.284. The minimum Gasteiger partial charge on any atom is -0.495 e. The molecule has 0 saturated carbocycles. The van der Waals surface area contributed by atoms with Crippen molar-refractivity contribution in [2.45, 2.75) is 6.92 Å². The Morgan fingerprint density at radius 2 is 1.95 bits per heavy atom. The van der Waals surface area contributed by atoms with Crippen molar-refractivity contribution in [3.05, 3.63) is 30.1 Å². The van der Waals surface area contributed by atoms with E-state index in [0.717, 1.165) is 11.3 Å². The highest BCUT2D eigenvalue weighted by molar-refractivity contribution is 5.71. The van der Waals surface area contributed by atoms with Gasteiger partial charge < -0.3 is 20.5 Å². The number of aromatic nitrogens is 2. The first-order chi connectivity index (χ1) is 9.15. The van der Waals surface area contributed by atoms with Gasteiger partial charge in [0, 0.05) is 0 Å². The van der Waals surface area contributed by atoms with Crippen molar-refractivity contribution in [1.82, 2.24) is 9.97 Å². The summed E-state index contributed by atoms with van der Waals surface area (Å²) in [6.45, 7) is 2.00. The summed E-state index contributed by atoms with van der Waals surface area (Å²) in [5, 5.41) is 3.14. The van der Waals surface area contributed by atoms with Gasteiger partial charge in [0.15, 0.2) is 11.6 Å². The molecule has 0 atom stereocenters. The number of rotatable bonds is 4. The normalized spacial score (nSPS) is 10.1. The van der Waals surface area contributed by atoms with Gasteiger partial charge in [0.2, 0.25) is 5.75 Å². The van der Waals surface area contributed by atoms with Gasteiger partial charge in [-0.25, -0.2) is 9.97 Å². The monoisotopic (exact) mass is 260 g/mol. The van der Waals surface area contributed by atoms with Crippen molar-refractivity contribution in [3.8, 4) is 11.5 Å². The predicted octanol–water partition coefficient (Wildman–Crippen LogP) is 2.13. The second-order valence-corrected chi connectivity index (χ2v) is 3.97. The zero-order valence-corrected chi connectivity index (χ0v) is 11.1. The molecule has 19 heavy (non-hydrogen) atoms. The van der Waals surface area contributed by atoms with E-state index in [9.17, 15) is 0 Å². The summed E-state index contributed by atoms with van der Waals surface area (Å²) in [5.41, 5.74) is 7.63. The Labute approximate surface area is 111 Å². The van der Waals surface area contributed by atoms with Crippen LogP contribution >= 0.6 is 0 Å². The first-order valence-corrected chi connectivity index (χ1v) is 5.72. The summed E-state index contributed by atoms with van der Waals surface area (Å²) >= 11 is 0. The number of nitrogens with two attached hydrogens (primary N) is 1. The quantitative estimate of drug-likeness (QED) is 0.876. The Balaban J connectivity index is 2.41. The first kappa shape index (κ1) is 12.9. The molecule has 1 aromatic carbocycles. The molecule has 3 N–H and O–H groups in total. The Morgan fingerprint density at radius 3 is 2.63 bits per heavy atom. The lowest BCUT2D eigenvalue weighted by molar-refractivity contribution is 0.413. The smallest absolute Gasteiger partial charge is 0.204 e. The van der Waals surface area contributed by atoms with Crippen LogP contribution in [0.15, 0.2) is 24.5 Å². The molecule has 0 spiro atoms. The van der Waals surface area contributed by atoms with Crippen LogP contribution in [0.1, 0.15) is 5.56 Å². The van der Waals surface area contributed by atoms with E-state index >= 15 is 0 Å². The lowest BCUT2D eigenvalue weighted by Crippen LogP contribution is -2.03. The highest BCUT2D eigenvalue weighted by Crippen LogP contribution is 2.33. The fourth-order valence-electron chi connectivity index (χ4n) is 1.72. The van der Waals surface area contributed by atoms with Gasteiger partial charge in [-0.3, -0.25) is 0 Å². The second kappa shape index (κ2) is 5.43. The fourth-order valence-corrected chi connectivity index (χ4v) is 1.72. The Hall–Kier alpha value is -2.50. The van der Waals surface area contributed by atoms with Gasteiger partial charge in [-0.2, -0.15) is 0 Å². The second-order valence-electron chi connectivity index (χ2n) is 3.97. The molecule has 2 rings (SSSR count). The van der Waals surface area contributed by atoms with Gasteiger partial charge in [0.25, 0.3) is 0 Å². The number of hydrogen-bond donors (Lipinski definition) is 2. The van der Waals surface area contributed by atoms with Crippen molar-refractivity contribution in [3.63, 3.8) is 0 Å². The van der Waals surface area contributed by atoms with Crippen LogP contribution in [0.25, 0.3) is 0 Å². The minimum atomic E-state index is 0.284. The number of hydrogen-bond acceptors (Lipinski definition) is 6. The van der Waals surface area contributed by atoms with Crippen molar-refractivity contribution < 1.29 is 9.47 Å². The van der Waals surface area contributed by atoms with Gasteiger partial charge in [0.05, 0.1) is 19.9 Å². The molecule has 0 unspecified atom stereocenters. The van der Waals surface area contributed by atoms with E-state index in [2.05, 4.69) is 15.3 Å². The number of methoxy groups -OCH3 is 2. The fraction of sp³-hybridized carbons (Fsp3) is 0.231. The maximum atomic E-state index is 5.74. The molecule has 0 aliphatic carbocycles. The third-order valence-corrected chi connectivity index (χ3v) is 2.64. The summed E-state index contributed by atoms with van der Waals surface area (Å²) in [7, 11) is 3.13. The third-order valence-electron chi connectivity index (χ3n) is 2.64. The van der Waals surface area contributed by atoms with Crippen LogP contribution in [0, 0.1) is 6.92 Å². The topological polar surface area (TPSA) is 82.3 Å². The maximum Gasteiger partial charge on any atom is 0.204 e. The van der Waals surface area contributed by atoms with Crippen molar-refractivity contribution >= 4 is 17.3 Å². The van der Waals surface area contributed by atoms with Crippen LogP contribution in [0.2, 0.25) is 0 Å². The van der Waals surface area contributed by atoms with Crippen LogP contribution in [-0.2, 0) is 0 Å². The summed E-state index contributed by atoms with van der Waals surface area (Å²) in [4.78, 5) is 8.01. The van der Waals surface area contributed by atoms with Gasteiger partial charge >= 0.3 is 0 Å². The number of nitrogens with one attached hydrogen (secondary N) is 1. The van der Waals surface area contributed by atoms with E-state index in [1.807, 2.05) is 25.1 Å². The third kappa shape index (κ3) is 2.67. The van der Waals surface area contributed by atoms with E-state index in [-0.39, 0.29) is 5.82 Å². The predicted molar refractivity (Wildman–Crippen MR) is 74.0 cm³/mol. The molecule has 0 radical (unpaired) electrons. The number of benzene rings is 1. The summed E-state index contributed by atoms with van der Waals surface area (Å²) in [6, 6.07) is 5.81. The van der Waals surface area contributed by atoms with Gasteiger partial charge in [-0.1, -0.05) is 6.07 Å². The van der Waals surface area contributed by atoms with Crippen LogP contribution in [-0.4, -0.2) is 24.2 Å². The van der Waals surface area contributed by atoms with Crippen molar-refractivity contribution in [1.29, 1.82) is 0 Å². The highest BCUT2D eigenvalue weighted by Gasteiger charge is 2.12. The van der Waals surface area contributed by atoms with Crippen molar-refractivity contribution in [2.24, 2.45) is 0 Å². The average Bonchev–Trinajstić information content (AvgIpc) is 2.39. The Kier molecular flexibility index (Phi) is 3.70. The molecule has 0 bridgehead atoms. The van der Waals surface area contributed by atoms with Gasteiger partial charge in [0.1, 0.15) is 12.1 Å². The average molecular weight is 260 g/mol. The summed E-state index contributed by atoms with van der Waals surface area (Å²) in [5.74, 6) is 1.90. The molecule has 6 heteroatoms. The molecule has 0 saturated heterocycles. The SMILES string of the molecule is COc1ccc(C)cc1Nc1ncnc(N)c1OC. The van der Waals surface area contributed by atoms with Gasteiger partial charge in [-0.05, 0) is 24.6 Å². The standard InChI is InChI=1S/C13H16N4O2/c1-8-4-5-10(18-2)9(6-8)17-13-11(19-3)12(14)15-7-16-13/h4-7H,1-3H3,(H3,14,15,16,17). The molecule has 0 fully saturated rings. The molecule has 1 heterocycles. The lowest BCUT2D eigenvalue weighted by atomic mass is 10.2. The summed E-state index contributed by atoms with van der Waals surface area (Å²) in [6.07, 6.45) is 1.38. The largest absolute Gasteiger partial charge is 0.495 e. The number of aryl methyl sites for hydroxylation is 1. The van der Waals surface area contributed by atoms with Crippen LogP contribution in [0.5, 0.6) is 11.5 Å². The van der Waals surface area contributed by atoms with E-state index in [1.54, 1.807) is 7.11 Å². The Morgan fingerprint density at radius 1 is 1.16 bits per heavy atom. The first-order valence-electron chi connectivity index (χ1n) is 5.72. The Bertz CT molecular complexity index is 587. The van der Waals surface area contributed by atoms with E-state index in [1.165, 1.54) is 13.4 Å². The molecule has 0 aliphatic rings. The lowest BCUT2D eigenvalue weighted by Gasteiger charge is -2.14. The van der Waals surface area contributed by atoms with Gasteiger partial charge in [-0.15, -0.1) is 0 Å². The van der Waals surface area contributed by atoms with E-state index in [0.29, 0.717) is 17.3 Å². The number of nitrogens with zero attached hydrogens (tertiary/aromatic N) is 2. The molecule has 0 aliphatic heterocycles. The van der Waals surface area contributed by atoms with Crippen LogP contribution < -0.4 is 20.5 Å². The molecule has 2 aromatic rings. The zero-order valence-electron chi connectivity index (χ0n) is 11.1. The molecular weight excluding hydrogens is 244 g/mol. The molecule has 100 valence electrons. The zero-order chi connectivity index (χ0) is 13.8. The highest BCUT2D eigenvalue weighted by atomic mass is 16.5.